The molecule has 1 amide bonds. The lowest BCUT2D eigenvalue weighted by Gasteiger charge is -2.14. The molecule has 1 heterocycles. The molecule has 0 bridgehead atoms. The van der Waals surface area contributed by atoms with Crippen molar-refractivity contribution in [1.82, 2.24) is 15.3 Å². The summed E-state index contributed by atoms with van der Waals surface area (Å²) in [7, 11) is 0. The molecule has 0 radical (unpaired) electrons. The van der Waals surface area contributed by atoms with Gasteiger partial charge in [0.15, 0.2) is 5.69 Å². The van der Waals surface area contributed by atoms with Gasteiger partial charge < -0.3 is 11.1 Å². The quantitative estimate of drug-likeness (QED) is 0.889. The number of aromatic nitrogens is 2. The zero-order valence-electron chi connectivity index (χ0n) is 12.2. The molecule has 2 rings (SSSR count). The zero-order valence-corrected chi connectivity index (χ0v) is 13.0. The monoisotopic (exact) mass is 294 g/mol. The van der Waals surface area contributed by atoms with Gasteiger partial charge >= 0.3 is 0 Å². The number of anilines is 1. The molecule has 3 N–H and O–H groups in total. The summed E-state index contributed by atoms with van der Waals surface area (Å²) in [6, 6.07) is 0.233. The van der Waals surface area contributed by atoms with Gasteiger partial charge in [-0.25, -0.2) is 9.97 Å². The van der Waals surface area contributed by atoms with E-state index in [-0.39, 0.29) is 17.9 Å². The van der Waals surface area contributed by atoms with E-state index in [1.807, 2.05) is 25.6 Å². The van der Waals surface area contributed by atoms with Gasteiger partial charge in [0.1, 0.15) is 5.82 Å². The summed E-state index contributed by atoms with van der Waals surface area (Å²) in [5.41, 5.74) is 6.47. The van der Waals surface area contributed by atoms with Crippen molar-refractivity contribution in [1.29, 1.82) is 0 Å². The molecule has 1 saturated carbocycles. The number of rotatable bonds is 4. The molecule has 0 saturated heterocycles. The molecular weight excluding hydrogens is 272 g/mol. The van der Waals surface area contributed by atoms with E-state index >= 15 is 0 Å². The van der Waals surface area contributed by atoms with Gasteiger partial charge in [-0.2, -0.15) is 11.8 Å². The zero-order chi connectivity index (χ0) is 14.7. The topological polar surface area (TPSA) is 80.9 Å². The Morgan fingerprint density at radius 3 is 2.85 bits per heavy atom. The fourth-order valence-corrected chi connectivity index (χ4v) is 3.20. The predicted octanol–water partition coefficient (Wildman–Crippen LogP) is 2.20. The maximum atomic E-state index is 12.3. The van der Waals surface area contributed by atoms with Crippen molar-refractivity contribution in [3.05, 3.63) is 17.7 Å². The summed E-state index contributed by atoms with van der Waals surface area (Å²) in [5, 5.41) is 3.69. The van der Waals surface area contributed by atoms with E-state index < -0.39 is 0 Å². The number of nitrogen functional groups attached to an aromatic ring is 1. The lowest BCUT2D eigenvalue weighted by Crippen LogP contribution is -2.34. The van der Waals surface area contributed by atoms with Crippen molar-refractivity contribution >= 4 is 23.4 Å². The third-order valence-electron chi connectivity index (χ3n) is 3.62. The number of amides is 1. The van der Waals surface area contributed by atoms with Gasteiger partial charge in [-0.1, -0.05) is 13.8 Å². The summed E-state index contributed by atoms with van der Waals surface area (Å²) in [4.78, 5) is 20.8. The maximum Gasteiger partial charge on any atom is 0.272 e. The van der Waals surface area contributed by atoms with Gasteiger partial charge in [-0.05, 0) is 25.5 Å². The van der Waals surface area contributed by atoms with E-state index in [2.05, 4.69) is 21.5 Å². The second-order valence-electron chi connectivity index (χ2n) is 5.53. The standard InChI is InChI=1S/C14H22N4OS/c1-8(2)13-16-7-11(15)12(18-13)14(19)17-9-4-5-10(6-9)20-3/h7-10H,4-6,15H2,1-3H3,(H,17,19). The molecule has 1 aromatic heterocycles. The first-order valence-corrected chi connectivity index (χ1v) is 8.26. The van der Waals surface area contributed by atoms with Crippen molar-refractivity contribution in [2.75, 3.05) is 12.0 Å². The van der Waals surface area contributed by atoms with Gasteiger partial charge in [0.2, 0.25) is 0 Å². The maximum absolute atomic E-state index is 12.3. The van der Waals surface area contributed by atoms with Crippen LogP contribution < -0.4 is 11.1 Å². The van der Waals surface area contributed by atoms with Gasteiger partial charge in [0.05, 0.1) is 11.9 Å². The van der Waals surface area contributed by atoms with Gasteiger partial charge in [0, 0.05) is 17.2 Å². The average Bonchev–Trinajstić information content (AvgIpc) is 2.86. The fourth-order valence-electron chi connectivity index (χ4n) is 2.40. The first-order chi connectivity index (χ1) is 9.51. The summed E-state index contributed by atoms with van der Waals surface area (Å²) in [6.07, 6.45) is 6.85. The molecule has 20 heavy (non-hydrogen) atoms. The van der Waals surface area contributed by atoms with Crippen LogP contribution in [0.2, 0.25) is 0 Å². The van der Waals surface area contributed by atoms with E-state index in [4.69, 9.17) is 5.73 Å². The van der Waals surface area contributed by atoms with Crippen molar-refractivity contribution in [2.24, 2.45) is 0 Å². The highest BCUT2D eigenvalue weighted by Crippen LogP contribution is 2.28. The van der Waals surface area contributed by atoms with Crippen molar-refractivity contribution in [2.45, 2.75) is 50.3 Å². The van der Waals surface area contributed by atoms with E-state index in [9.17, 15) is 4.79 Å². The predicted molar refractivity (Wildman–Crippen MR) is 82.9 cm³/mol. The Hall–Kier alpha value is -1.30. The Bertz CT molecular complexity index is 492. The van der Waals surface area contributed by atoms with Crippen LogP contribution in [-0.2, 0) is 0 Å². The van der Waals surface area contributed by atoms with E-state index in [0.717, 1.165) is 19.3 Å². The van der Waals surface area contributed by atoms with Crippen LogP contribution >= 0.6 is 11.8 Å². The summed E-state index contributed by atoms with van der Waals surface area (Å²) in [6.45, 7) is 3.99. The van der Waals surface area contributed by atoms with Gasteiger partial charge in [-0.3, -0.25) is 4.79 Å². The van der Waals surface area contributed by atoms with Gasteiger partial charge in [0.25, 0.3) is 5.91 Å². The molecule has 1 aromatic rings. The number of carbonyl (C=O) groups is 1. The number of carbonyl (C=O) groups excluding carboxylic acids is 1. The van der Waals surface area contributed by atoms with E-state index in [0.29, 0.717) is 22.5 Å². The van der Waals surface area contributed by atoms with Crippen LogP contribution in [0.25, 0.3) is 0 Å². The number of hydrogen-bond donors (Lipinski definition) is 2. The van der Waals surface area contributed by atoms with Crippen molar-refractivity contribution in [3.8, 4) is 0 Å². The Morgan fingerprint density at radius 2 is 2.25 bits per heavy atom. The highest BCUT2D eigenvalue weighted by Gasteiger charge is 2.26. The summed E-state index contributed by atoms with van der Waals surface area (Å²) < 4.78 is 0. The summed E-state index contributed by atoms with van der Waals surface area (Å²) >= 11 is 1.87. The molecule has 0 aliphatic heterocycles. The molecule has 6 heteroatoms. The van der Waals surface area contributed by atoms with Crippen LogP contribution in [0.4, 0.5) is 5.69 Å². The second kappa shape index (κ2) is 6.43. The van der Waals surface area contributed by atoms with Crippen LogP contribution in [0.3, 0.4) is 0 Å². The molecule has 2 atom stereocenters. The minimum atomic E-state index is -0.182. The number of hydrogen-bond acceptors (Lipinski definition) is 5. The van der Waals surface area contributed by atoms with Crippen LogP contribution in [0.1, 0.15) is 55.3 Å². The molecule has 1 aliphatic carbocycles. The van der Waals surface area contributed by atoms with Crippen LogP contribution in [0, 0.1) is 0 Å². The third kappa shape index (κ3) is 3.42. The molecule has 0 aromatic carbocycles. The molecule has 2 unspecified atom stereocenters. The number of nitrogens with zero attached hydrogens (tertiary/aromatic N) is 2. The van der Waals surface area contributed by atoms with Crippen LogP contribution in [-0.4, -0.2) is 33.4 Å². The Kier molecular flexibility index (Phi) is 4.86. The Morgan fingerprint density at radius 1 is 1.50 bits per heavy atom. The fraction of sp³-hybridized carbons (Fsp3) is 0.643. The van der Waals surface area contributed by atoms with Crippen LogP contribution in [0.15, 0.2) is 6.20 Å². The van der Waals surface area contributed by atoms with E-state index in [1.165, 1.54) is 6.20 Å². The Balaban J connectivity index is 2.07. The lowest BCUT2D eigenvalue weighted by molar-refractivity contribution is 0.0933. The first kappa shape index (κ1) is 15.1. The molecule has 5 nitrogen and oxygen atoms in total. The normalized spacial score (nSPS) is 22.2. The summed E-state index contributed by atoms with van der Waals surface area (Å²) in [5.74, 6) is 0.644. The minimum Gasteiger partial charge on any atom is -0.396 e. The Labute approximate surface area is 124 Å². The largest absolute Gasteiger partial charge is 0.396 e. The third-order valence-corrected chi connectivity index (χ3v) is 4.72. The molecule has 0 spiro atoms. The molecule has 1 aliphatic rings. The number of nitrogens with two attached hydrogens (primary N) is 1. The van der Waals surface area contributed by atoms with E-state index in [1.54, 1.807) is 0 Å². The van der Waals surface area contributed by atoms with Crippen molar-refractivity contribution < 1.29 is 4.79 Å². The highest BCUT2D eigenvalue weighted by atomic mass is 32.2. The SMILES string of the molecule is CSC1CCC(NC(=O)c2nc(C(C)C)ncc2N)C1. The van der Waals surface area contributed by atoms with Crippen molar-refractivity contribution in [3.63, 3.8) is 0 Å². The smallest absolute Gasteiger partial charge is 0.272 e. The van der Waals surface area contributed by atoms with Gasteiger partial charge in [-0.15, -0.1) is 0 Å². The minimum absolute atomic E-state index is 0.175. The average molecular weight is 294 g/mol. The molecular formula is C14H22N4OS. The lowest BCUT2D eigenvalue weighted by atomic mass is 10.2. The molecule has 1 fully saturated rings. The first-order valence-electron chi connectivity index (χ1n) is 6.97. The highest BCUT2D eigenvalue weighted by molar-refractivity contribution is 7.99. The number of nitrogens with one attached hydrogen (secondary N) is 1. The number of thioether (sulfide) groups is 1. The van der Waals surface area contributed by atoms with Crippen LogP contribution in [0.5, 0.6) is 0 Å². The second-order valence-corrected chi connectivity index (χ2v) is 6.67. The molecule has 110 valence electrons.